The van der Waals surface area contributed by atoms with Crippen molar-refractivity contribution >= 4 is 12.0 Å². The van der Waals surface area contributed by atoms with Crippen molar-refractivity contribution in [2.24, 2.45) is 0 Å². The van der Waals surface area contributed by atoms with Gasteiger partial charge in [0.2, 0.25) is 5.91 Å². The molecule has 0 aliphatic rings. The molecule has 0 saturated carbocycles. The van der Waals surface area contributed by atoms with E-state index < -0.39 is 18.4 Å². The number of alkyl carbamates (subject to hydrolysis) is 1. The standard InChI is InChI=1S/C29H42N2O6/c1-8-35-26(36-9-2)20-31(21(3)23-13-11-10-12-14-23)27(32)25(30-28(33)34-7)19-22-15-17-24(18-16-22)37-29(4,5)6/h10-18,21,25-26H,8-9,19-20H2,1-7H3,(H,30,33)/t21-,25+/m1/s1. The smallest absolute Gasteiger partial charge is 0.407 e. The first kappa shape index (κ1) is 30.1. The van der Waals surface area contributed by atoms with Crippen LogP contribution in [0.15, 0.2) is 54.6 Å². The zero-order valence-electron chi connectivity index (χ0n) is 23.2. The Morgan fingerprint density at radius 2 is 1.54 bits per heavy atom. The average Bonchev–Trinajstić information content (AvgIpc) is 2.87. The van der Waals surface area contributed by atoms with Crippen LogP contribution < -0.4 is 10.1 Å². The highest BCUT2D eigenvalue weighted by Crippen LogP contribution is 2.24. The summed E-state index contributed by atoms with van der Waals surface area (Å²) in [6, 6.07) is 16.1. The quantitative estimate of drug-likeness (QED) is 0.374. The first-order valence-electron chi connectivity index (χ1n) is 12.8. The van der Waals surface area contributed by atoms with Gasteiger partial charge in [-0.3, -0.25) is 4.79 Å². The molecule has 0 radical (unpaired) electrons. The lowest BCUT2D eigenvalue weighted by atomic mass is 10.0. The van der Waals surface area contributed by atoms with Crippen LogP contribution in [-0.4, -0.2) is 61.7 Å². The van der Waals surface area contributed by atoms with Crippen LogP contribution in [0, 0.1) is 0 Å². The molecular formula is C29H42N2O6. The van der Waals surface area contributed by atoms with E-state index in [0.29, 0.717) is 13.2 Å². The van der Waals surface area contributed by atoms with Gasteiger partial charge in [0.25, 0.3) is 0 Å². The molecular weight excluding hydrogens is 472 g/mol. The molecule has 0 aliphatic carbocycles. The molecule has 2 aromatic carbocycles. The first-order chi connectivity index (χ1) is 17.6. The second-order valence-electron chi connectivity index (χ2n) is 9.67. The maximum atomic E-state index is 14.0. The van der Waals surface area contributed by atoms with Crippen LogP contribution in [0.5, 0.6) is 5.75 Å². The van der Waals surface area contributed by atoms with Crippen LogP contribution in [0.1, 0.15) is 58.7 Å². The van der Waals surface area contributed by atoms with Crippen LogP contribution in [0.3, 0.4) is 0 Å². The van der Waals surface area contributed by atoms with Crippen molar-refractivity contribution in [2.75, 3.05) is 26.9 Å². The third-order valence-corrected chi connectivity index (χ3v) is 5.65. The molecule has 0 fully saturated rings. The Balaban J connectivity index is 2.36. The molecule has 1 N–H and O–H groups in total. The van der Waals surface area contributed by atoms with Crippen LogP contribution >= 0.6 is 0 Å². The van der Waals surface area contributed by atoms with Gasteiger partial charge >= 0.3 is 6.09 Å². The van der Waals surface area contributed by atoms with Crippen molar-refractivity contribution in [1.82, 2.24) is 10.2 Å². The summed E-state index contributed by atoms with van der Waals surface area (Å²) in [6.45, 7) is 12.8. The number of hydrogen-bond donors (Lipinski definition) is 1. The predicted octanol–water partition coefficient (Wildman–Crippen LogP) is 5.12. The zero-order chi connectivity index (χ0) is 27.4. The van der Waals surface area contributed by atoms with Crippen molar-refractivity contribution in [1.29, 1.82) is 0 Å². The van der Waals surface area contributed by atoms with Crippen LogP contribution in [-0.2, 0) is 25.4 Å². The van der Waals surface area contributed by atoms with Crippen LogP contribution in [0.25, 0.3) is 0 Å². The molecule has 8 heteroatoms. The number of amides is 2. The van der Waals surface area contributed by atoms with E-state index in [-0.39, 0.29) is 30.5 Å². The van der Waals surface area contributed by atoms with E-state index >= 15 is 0 Å². The summed E-state index contributed by atoms with van der Waals surface area (Å²) in [4.78, 5) is 28.0. The lowest BCUT2D eigenvalue weighted by molar-refractivity contribution is -0.163. The van der Waals surface area contributed by atoms with E-state index in [4.69, 9.17) is 18.9 Å². The Morgan fingerprint density at radius 3 is 2.05 bits per heavy atom. The molecule has 0 spiro atoms. The number of carbonyl (C=O) groups is 2. The van der Waals surface area contributed by atoms with Crippen molar-refractivity contribution in [2.45, 2.75) is 71.9 Å². The lowest BCUT2D eigenvalue weighted by Crippen LogP contribution is -2.52. The highest BCUT2D eigenvalue weighted by Gasteiger charge is 2.32. The Bertz CT molecular complexity index is 953. The average molecular weight is 515 g/mol. The van der Waals surface area contributed by atoms with Gasteiger partial charge in [0.05, 0.1) is 19.7 Å². The molecule has 0 saturated heterocycles. The molecule has 0 bridgehead atoms. The molecule has 0 aromatic heterocycles. The molecule has 0 aliphatic heterocycles. The Hall–Kier alpha value is -3.10. The second-order valence-corrected chi connectivity index (χ2v) is 9.67. The molecule has 2 amide bonds. The monoisotopic (exact) mass is 514 g/mol. The van der Waals surface area contributed by atoms with E-state index in [1.54, 1.807) is 4.90 Å². The highest BCUT2D eigenvalue weighted by atomic mass is 16.7. The number of hydrogen-bond acceptors (Lipinski definition) is 6. The topological polar surface area (TPSA) is 86.3 Å². The molecule has 2 atom stereocenters. The number of methoxy groups -OCH3 is 1. The maximum absolute atomic E-state index is 14.0. The largest absolute Gasteiger partial charge is 0.488 e. The fourth-order valence-electron chi connectivity index (χ4n) is 3.92. The lowest BCUT2D eigenvalue weighted by Gasteiger charge is -2.35. The summed E-state index contributed by atoms with van der Waals surface area (Å²) in [7, 11) is 1.28. The number of ether oxygens (including phenoxy) is 4. The normalized spacial score (nSPS) is 13.1. The molecule has 0 unspecified atom stereocenters. The van der Waals surface area contributed by atoms with E-state index in [2.05, 4.69) is 5.32 Å². The highest BCUT2D eigenvalue weighted by molar-refractivity contribution is 5.86. The van der Waals surface area contributed by atoms with Crippen molar-refractivity contribution in [3.05, 3.63) is 65.7 Å². The van der Waals surface area contributed by atoms with Gasteiger partial charge in [-0.25, -0.2) is 4.79 Å². The van der Waals surface area contributed by atoms with Gasteiger partial charge in [0.1, 0.15) is 17.4 Å². The number of rotatable bonds is 13. The molecule has 2 aromatic rings. The van der Waals surface area contributed by atoms with Crippen molar-refractivity contribution in [3.8, 4) is 5.75 Å². The summed E-state index contributed by atoms with van der Waals surface area (Å²) < 4.78 is 22.3. The van der Waals surface area contributed by atoms with Gasteiger partial charge in [-0.2, -0.15) is 0 Å². The molecule has 204 valence electrons. The summed E-state index contributed by atoms with van der Waals surface area (Å²) in [5.41, 5.74) is 1.51. The van der Waals surface area contributed by atoms with Crippen LogP contribution in [0.2, 0.25) is 0 Å². The fraction of sp³-hybridized carbons (Fsp3) is 0.517. The van der Waals surface area contributed by atoms with E-state index in [1.807, 2.05) is 96.1 Å². The van der Waals surface area contributed by atoms with Crippen molar-refractivity contribution in [3.63, 3.8) is 0 Å². The molecule has 8 nitrogen and oxygen atoms in total. The Kier molecular flexibility index (Phi) is 11.9. The van der Waals surface area contributed by atoms with E-state index in [1.165, 1.54) is 7.11 Å². The number of benzene rings is 2. The van der Waals surface area contributed by atoms with Gasteiger partial charge in [0.15, 0.2) is 6.29 Å². The van der Waals surface area contributed by atoms with Gasteiger partial charge < -0.3 is 29.2 Å². The van der Waals surface area contributed by atoms with Crippen LogP contribution in [0.4, 0.5) is 4.79 Å². The SMILES string of the molecule is CCOC(CN(C(=O)[C@H](Cc1ccc(OC(C)(C)C)cc1)NC(=O)OC)[C@H](C)c1ccccc1)OCC. The number of carbonyl (C=O) groups excluding carboxylic acids is 2. The number of nitrogens with zero attached hydrogens (tertiary/aromatic N) is 1. The van der Waals surface area contributed by atoms with Gasteiger partial charge in [0, 0.05) is 19.6 Å². The van der Waals surface area contributed by atoms with Gasteiger partial charge in [-0.1, -0.05) is 42.5 Å². The Morgan fingerprint density at radius 1 is 0.946 bits per heavy atom. The summed E-state index contributed by atoms with van der Waals surface area (Å²) >= 11 is 0. The molecule has 2 rings (SSSR count). The fourth-order valence-corrected chi connectivity index (χ4v) is 3.92. The van der Waals surface area contributed by atoms with Crippen molar-refractivity contribution < 1.29 is 28.5 Å². The zero-order valence-corrected chi connectivity index (χ0v) is 23.2. The Labute approximate surface area is 221 Å². The van der Waals surface area contributed by atoms with Gasteiger partial charge in [-0.05, 0) is 64.8 Å². The second kappa shape index (κ2) is 14.6. The van der Waals surface area contributed by atoms with Gasteiger partial charge in [-0.15, -0.1) is 0 Å². The molecule has 0 heterocycles. The molecule has 37 heavy (non-hydrogen) atoms. The summed E-state index contributed by atoms with van der Waals surface area (Å²) in [5.74, 6) is 0.469. The predicted molar refractivity (Wildman–Crippen MR) is 143 cm³/mol. The minimum absolute atomic E-state index is 0.203. The maximum Gasteiger partial charge on any atom is 0.407 e. The minimum atomic E-state index is -0.864. The third kappa shape index (κ3) is 10.1. The minimum Gasteiger partial charge on any atom is -0.488 e. The summed E-state index contributed by atoms with van der Waals surface area (Å²) in [5, 5.41) is 2.73. The first-order valence-corrected chi connectivity index (χ1v) is 12.8. The van der Waals surface area contributed by atoms with E-state index in [9.17, 15) is 9.59 Å². The van der Waals surface area contributed by atoms with E-state index in [0.717, 1.165) is 16.9 Å². The third-order valence-electron chi connectivity index (χ3n) is 5.65. The summed E-state index contributed by atoms with van der Waals surface area (Å²) in [6.07, 6.45) is -1.00. The number of nitrogens with one attached hydrogen (secondary N) is 1.